The number of carbonyl (C=O) groups excluding carboxylic acids is 1. The standard InChI is InChI=1S/C15H21NO2/c1-3-12-7-5-6-8-14(12)18-11-15(17)16(4-2)13-9-10-13/h5-8,13H,3-4,9-11H2,1-2H3. The number of amides is 1. The summed E-state index contributed by atoms with van der Waals surface area (Å²) in [6.07, 6.45) is 3.21. The number of hydrogen-bond acceptors (Lipinski definition) is 2. The van der Waals surface area contributed by atoms with E-state index in [1.807, 2.05) is 36.1 Å². The summed E-state index contributed by atoms with van der Waals surface area (Å²) < 4.78 is 5.66. The molecule has 0 aliphatic heterocycles. The number of ether oxygens (including phenoxy) is 1. The molecule has 0 radical (unpaired) electrons. The first-order chi connectivity index (χ1) is 8.76. The first kappa shape index (κ1) is 12.9. The number of benzene rings is 1. The molecule has 98 valence electrons. The monoisotopic (exact) mass is 247 g/mol. The Morgan fingerprint density at radius 1 is 1.33 bits per heavy atom. The SMILES string of the molecule is CCc1ccccc1OCC(=O)N(CC)C1CC1. The van der Waals surface area contributed by atoms with E-state index in [9.17, 15) is 4.79 Å². The van der Waals surface area contributed by atoms with Gasteiger partial charge in [-0.15, -0.1) is 0 Å². The Balaban J connectivity index is 1.92. The van der Waals surface area contributed by atoms with Crippen molar-refractivity contribution in [3.05, 3.63) is 29.8 Å². The van der Waals surface area contributed by atoms with Gasteiger partial charge < -0.3 is 9.64 Å². The fraction of sp³-hybridized carbons (Fsp3) is 0.533. The zero-order valence-corrected chi connectivity index (χ0v) is 11.2. The largest absolute Gasteiger partial charge is 0.483 e. The van der Waals surface area contributed by atoms with Crippen molar-refractivity contribution in [2.45, 2.75) is 39.2 Å². The van der Waals surface area contributed by atoms with Crippen molar-refractivity contribution in [1.82, 2.24) is 4.90 Å². The Labute approximate surface area is 109 Å². The maximum atomic E-state index is 12.0. The number of para-hydroxylation sites is 1. The molecular formula is C15H21NO2. The maximum absolute atomic E-state index is 12.0. The molecule has 1 aromatic rings. The van der Waals surface area contributed by atoms with Gasteiger partial charge in [-0.3, -0.25) is 4.79 Å². The van der Waals surface area contributed by atoms with Crippen LogP contribution >= 0.6 is 0 Å². The molecule has 1 saturated carbocycles. The van der Waals surface area contributed by atoms with Crippen LogP contribution in [-0.2, 0) is 11.2 Å². The van der Waals surface area contributed by atoms with E-state index in [0.29, 0.717) is 6.04 Å². The van der Waals surface area contributed by atoms with Crippen LogP contribution < -0.4 is 4.74 Å². The molecule has 1 aliphatic rings. The number of nitrogens with zero attached hydrogens (tertiary/aromatic N) is 1. The molecule has 0 N–H and O–H groups in total. The molecule has 1 aliphatic carbocycles. The molecule has 1 amide bonds. The Hall–Kier alpha value is -1.51. The summed E-state index contributed by atoms with van der Waals surface area (Å²) in [5.74, 6) is 0.936. The van der Waals surface area contributed by atoms with Crippen molar-refractivity contribution < 1.29 is 9.53 Å². The van der Waals surface area contributed by atoms with Gasteiger partial charge in [0.25, 0.3) is 5.91 Å². The zero-order valence-electron chi connectivity index (χ0n) is 11.2. The number of rotatable bonds is 6. The van der Waals surface area contributed by atoms with E-state index in [0.717, 1.165) is 37.1 Å². The summed E-state index contributed by atoms with van der Waals surface area (Å²) in [6, 6.07) is 8.37. The third kappa shape index (κ3) is 3.03. The molecular weight excluding hydrogens is 226 g/mol. The van der Waals surface area contributed by atoms with Crippen LogP contribution in [0.5, 0.6) is 5.75 Å². The van der Waals surface area contributed by atoms with Crippen LogP contribution in [-0.4, -0.2) is 30.0 Å². The zero-order chi connectivity index (χ0) is 13.0. The van der Waals surface area contributed by atoms with Crippen molar-refractivity contribution in [2.75, 3.05) is 13.2 Å². The van der Waals surface area contributed by atoms with Gasteiger partial charge in [-0.2, -0.15) is 0 Å². The van der Waals surface area contributed by atoms with Gasteiger partial charge in [0.05, 0.1) is 0 Å². The molecule has 1 aromatic carbocycles. The lowest BCUT2D eigenvalue weighted by molar-refractivity contribution is -0.133. The Kier molecular flexibility index (Phi) is 4.24. The topological polar surface area (TPSA) is 29.5 Å². The lowest BCUT2D eigenvalue weighted by atomic mass is 10.1. The minimum absolute atomic E-state index is 0.103. The van der Waals surface area contributed by atoms with Gasteiger partial charge in [-0.25, -0.2) is 0 Å². The molecule has 0 heterocycles. The molecule has 2 rings (SSSR count). The van der Waals surface area contributed by atoms with Crippen LogP contribution in [0.1, 0.15) is 32.3 Å². The smallest absolute Gasteiger partial charge is 0.260 e. The molecule has 3 heteroatoms. The second-order valence-electron chi connectivity index (χ2n) is 4.66. The summed E-state index contributed by atoms with van der Waals surface area (Å²) in [6.45, 7) is 5.05. The fourth-order valence-corrected chi connectivity index (χ4v) is 2.18. The Morgan fingerprint density at radius 2 is 2.06 bits per heavy atom. The highest BCUT2D eigenvalue weighted by Gasteiger charge is 2.31. The molecule has 1 fully saturated rings. The molecule has 0 atom stereocenters. The van der Waals surface area contributed by atoms with Crippen LogP contribution in [0.3, 0.4) is 0 Å². The third-order valence-corrected chi connectivity index (χ3v) is 3.35. The summed E-state index contributed by atoms with van der Waals surface area (Å²) in [5.41, 5.74) is 1.15. The highest BCUT2D eigenvalue weighted by Crippen LogP contribution is 2.26. The number of carbonyl (C=O) groups is 1. The summed E-state index contributed by atoms with van der Waals surface area (Å²) in [7, 11) is 0. The predicted octanol–water partition coefficient (Wildman–Crippen LogP) is 2.64. The van der Waals surface area contributed by atoms with E-state index < -0.39 is 0 Å². The van der Waals surface area contributed by atoms with Crippen LogP contribution in [0.15, 0.2) is 24.3 Å². The van der Waals surface area contributed by atoms with Gasteiger partial charge in [0.1, 0.15) is 5.75 Å². The molecule has 0 aromatic heterocycles. The highest BCUT2D eigenvalue weighted by molar-refractivity contribution is 5.78. The van der Waals surface area contributed by atoms with Gasteiger partial charge in [0.15, 0.2) is 6.61 Å². The van der Waals surface area contributed by atoms with Crippen molar-refractivity contribution in [1.29, 1.82) is 0 Å². The van der Waals surface area contributed by atoms with E-state index in [4.69, 9.17) is 4.74 Å². The van der Waals surface area contributed by atoms with E-state index in [-0.39, 0.29) is 12.5 Å². The van der Waals surface area contributed by atoms with E-state index in [1.54, 1.807) is 0 Å². The Bertz CT molecular complexity index is 413. The van der Waals surface area contributed by atoms with Crippen LogP contribution in [0, 0.1) is 0 Å². The van der Waals surface area contributed by atoms with Crippen molar-refractivity contribution in [3.8, 4) is 5.75 Å². The van der Waals surface area contributed by atoms with Gasteiger partial charge >= 0.3 is 0 Å². The second-order valence-corrected chi connectivity index (χ2v) is 4.66. The lowest BCUT2D eigenvalue weighted by Crippen LogP contribution is -2.36. The summed E-state index contributed by atoms with van der Waals surface area (Å²) >= 11 is 0. The first-order valence-corrected chi connectivity index (χ1v) is 6.76. The van der Waals surface area contributed by atoms with Crippen LogP contribution in [0.4, 0.5) is 0 Å². The molecule has 0 bridgehead atoms. The van der Waals surface area contributed by atoms with Crippen molar-refractivity contribution >= 4 is 5.91 Å². The lowest BCUT2D eigenvalue weighted by Gasteiger charge is -2.20. The van der Waals surface area contributed by atoms with Crippen LogP contribution in [0.2, 0.25) is 0 Å². The fourth-order valence-electron chi connectivity index (χ4n) is 2.18. The van der Waals surface area contributed by atoms with Crippen molar-refractivity contribution in [3.63, 3.8) is 0 Å². The quantitative estimate of drug-likeness (QED) is 0.773. The maximum Gasteiger partial charge on any atom is 0.260 e. The van der Waals surface area contributed by atoms with Gasteiger partial charge in [0, 0.05) is 12.6 Å². The predicted molar refractivity (Wildman–Crippen MR) is 71.7 cm³/mol. The average molecular weight is 247 g/mol. The number of likely N-dealkylation sites (N-methyl/N-ethyl adjacent to an activating group) is 1. The van der Waals surface area contributed by atoms with Gasteiger partial charge in [0.2, 0.25) is 0 Å². The van der Waals surface area contributed by atoms with E-state index >= 15 is 0 Å². The minimum Gasteiger partial charge on any atom is -0.483 e. The summed E-state index contributed by atoms with van der Waals surface area (Å²) in [4.78, 5) is 14.0. The minimum atomic E-state index is 0.103. The molecule has 0 saturated heterocycles. The number of hydrogen-bond donors (Lipinski definition) is 0. The molecule has 3 nitrogen and oxygen atoms in total. The Morgan fingerprint density at radius 3 is 2.67 bits per heavy atom. The highest BCUT2D eigenvalue weighted by atomic mass is 16.5. The molecule has 0 spiro atoms. The van der Waals surface area contributed by atoms with E-state index in [2.05, 4.69) is 6.92 Å². The molecule has 0 unspecified atom stereocenters. The second kappa shape index (κ2) is 5.89. The van der Waals surface area contributed by atoms with Gasteiger partial charge in [-0.05, 0) is 37.8 Å². The van der Waals surface area contributed by atoms with E-state index in [1.165, 1.54) is 0 Å². The third-order valence-electron chi connectivity index (χ3n) is 3.35. The van der Waals surface area contributed by atoms with Crippen LogP contribution in [0.25, 0.3) is 0 Å². The molecule has 18 heavy (non-hydrogen) atoms. The first-order valence-electron chi connectivity index (χ1n) is 6.76. The van der Waals surface area contributed by atoms with Gasteiger partial charge in [-0.1, -0.05) is 25.1 Å². The summed E-state index contributed by atoms with van der Waals surface area (Å²) in [5, 5.41) is 0. The average Bonchev–Trinajstić information content (AvgIpc) is 3.22. The normalized spacial score (nSPS) is 14.3. The van der Waals surface area contributed by atoms with Crippen molar-refractivity contribution in [2.24, 2.45) is 0 Å². The number of aryl methyl sites for hydroxylation is 1.